The van der Waals surface area contributed by atoms with Gasteiger partial charge in [0, 0.05) is 11.8 Å². The number of ether oxygens (including phenoxy) is 1. The first-order valence-electron chi connectivity index (χ1n) is 6.36. The predicted molar refractivity (Wildman–Crippen MR) is 81.6 cm³/mol. The zero-order valence-electron chi connectivity index (χ0n) is 11.6. The molecule has 1 aromatic carbocycles. The van der Waals surface area contributed by atoms with E-state index in [-0.39, 0.29) is 0 Å². The molecule has 21 heavy (non-hydrogen) atoms. The minimum Gasteiger partial charge on any atom is -0.496 e. The number of imidazole rings is 1. The van der Waals surface area contributed by atoms with E-state index in [0.717, 1.165) is 11.1 Å². The molecule has 104 valence electrons. The van der Waals surface area contributed by atoms with E-state index in [1.807, 2.05) is 25.1 Å². The van der Waals surface area contributed by atoms with Crippen molar-refractivity contribution < 1.29 is 4.74 Å². The average molecular weight is 298 g/mol. The summed E-state index contributed by atoms with van der Waals surface area (Å²) in [5, 5.41) is 10.1. The van der Waals surface area contributed by atoms with E-state index in [1.54, 1.807) is 29.8 Å². The number of hydrogen-bond acceptors (Lipinski definition) is 3. The van der Waals surface area contributed by atoms with Crippen molar-refractivity contribution in [1.29, 1.82) is 5.26 Å². The number of benzene rings is 1. The van der Waals surface area contributed by atoms with Crippen LogP contribution in [0.15, 0.2) is 36.5 Å². The van der Waals surface area contributed by atoms with Crippen LogP contribution in [-0.4, -0.2) is 16.5 Å². The molecule has 2 aromatic heterocycles. The molecule has 3 aromatic rings. The van der Waals surface area contributed by atoms with Crippen molar-refractivity contribution in [2.45, 2.75) is 6.92 Å². The molecule has 0 unspecified atom stereocenters. The third kappa shape index (κ3) is 2.22. The third-order valence-electron chi connectivity index (χ3n) is 3.30. The van der Waals surface area contributed by atoms with Crippen LogP contribution in [0.25, 0.3) is 16.9 Å². The minimum absolute atomic E-state index is 0.441. The summed E-state index contributed by atoms with van der Waals surface area (Å²) >= 11 is 6.00. The Bertz CT molecular complexity index is 877. The van der Waals surface area contributed by atoms with Crippen molar-refractivity contribution in [1.82, 2.24) is 9.38 Å². The Labute approximate surface area is 127 Å². The number of hydrogen-bond donors (Lipinski definition) is 0. The Balaban J connectivity index is 2.35. The number of methoxy groups -OCH3 is 1. The monoisotopic (exact) mass is 297 g/mol. The van der Waals surface area contributed by atoms with Gasteiger partial charge in [0.2, 0.25) is 0 Å². The van der Waals surface area contributed by atoms with Crippen molar-refractivity contribution in [3.8, 4) is 23.1 Å². The number of nitrogens with zero attached hydrogens (tertiary/aromatic N) is 3. The van der Waals surface area contributed by atoms with Gasteiger partial charge in [0.25, 0.3) is 0 Å². The van der Waals surface area contributed by atoms with Gasteiger partial charge in [-0.25, -0.2) is 4.98 Å². The molecule has 0 bridgehead atoms. The molecule has 3 rings (SSSR count). The minimum atomic E-state index is 0.441. The summed E-state index contributed by atoms with van der Waals surface area (Å²) in [6, 6.07) is 11.5. The predicted octanol–water partition coefficient (Wildman–Crippen LogP) is 3.84. The average Bonchev–Trinajstić information content (AvgIpc) is 2.84. The fourth-order valence-corrected chi connectivity index (χ4v) is 2.48. The second-order valence-corrected chi connectivity index (χ2v) is 5.14. The van der Waals surface area contributed by atoms with Gasteiger partial charge >= 0.3 is 0 Å². The van der Waals surface area contributed by atoms with Crippen molar-refractivity contribution in [2.24, 2.45) is 0 Å². The summed E-state index contributed by atoms with van der Waals surface area (Å²) in [4.78, 5) is 4.55. The van der Waals surface area contributed by atoms with E-state index in [1.165, 1.54) is 0 Å². The molecule has 0 N–H and O–H groups in total. The van der Waals surface area contributed by atoms with Gasteiger partial charge in [-0.1, -0.05) is 23.2 Å². The van der Waals surface area contributed by atoms with Crippen molar-refractivity contribution in [3.05, 3.63) is 52.8 Å². The van der Waals surface area contributed by atoms with E-state index >= 15 is 0 Å². The smallest absolute Gasteiger partial charge is 0.152 e. The van der Waals surface area contributed by atoms with Crippen LogP contribution in [0.1, 0.15) is 11.3 Å². The molecule has 0 aliphatic rings. The van der Waals surface area contributed by atoms with Gasteiger partial charge in [-0.2, -0.15) is 5.26 Å². The maximum Gasteiger partial charge on any atom is 0.152 e. The highest BCUT2D eigenvalue weighted by molar-refractivity contribution is 6.30. The Morgan fingerprint density at radius 3 is 2.81 bits per heavy atom. The molecule has 0 aliphatic carbocycles. The topological polar surface area (TPSA) is 50.3 Å². The molecule has 4 nitrogen and oxygen atoms in total. The molecular formula is C16H12ClN3O. The van der Waals surface area contributed by atoms with Crippen LogP contribution >= 0.6 is 11.6 Å². The van der Waals surface area contributed by atoms with Gasteiger partial charge in [0.05, 0.1) is 12.1 Å². The lowest BCUT2D eigenvalue weighted by Gasteiger charge is -2.07. The zero-order chi connectivity index (χ0) is 15.0. The number of aromatic nitrogens is 2. The van der Waals surface area contributed by atoms with E-state index in [0.29, 0.717) is 27.8 Å². The summed E-state index contributed by atoms with van der Waals surface area (Å²) in [7, 11) is 1.60. The first-order valence-corrected chi connectivity index (χ1v) is 6.74. The third-order valence-corrected chi connectivity index (χ3v) is 3.52. The lowest BCUT2D eigenvalue weighted by Crippen LogP contribution is -1.92. The first kappa shape index (κ1) is 13.5. The first-order chi connectivity index (χ1) is 10.1. The summed E-state index contributed by atoms with van der Waals surface area (Å²) < 4.78 is 7.08. The largest absolute Gasteiger partial charge is 0.496 e. The number of fused-ring (bicyclic) bond motifs is 1. The van der Waals surface area contributed by atoms with Crippen LogP contribution in [0.5, 0.6) is 5.75 Å². The molecule has 0 saturated heterocycles. The standard InChI is InChI=1S/C16H12ClN3O/c1-10-3-5-14(21-2)12(7-10)16-13(8-18)20-9-11(17)4-6-15(20)19-16/h3-7,9H,1-2H3. The fraction of sp³-hybridized carbons (Fsp3) is 0.125. The highest BCUT2D eigenvalue weighted by Crippen LogP contribution is 2.33. The molecule has 0 radical (unpaired) electrons. The number of pyridine rings is 1. The van der Waals surface area contributed by atoms with Crippen LogP contribution in [-0.2, 0) is 0 Å². The molecule has 0 fully saturated rings. The maximum absolute atomic E-state index is 9.50. The molecule has 0 amide bonds. The number of halogens is 1. The lowest BCUT2D eigenvalue weighted by molar-refractivity contribution is 0.416. The molecule has 0 aliphatic heterocycles. The highest BCUT2D eigenvalue weighted by atomic mass is 35.5. The number of rotatable bonds is 2. The van der Waals surface area contributed by atoms with E-state index in [2.05, 4.69) is 11.1 Å². The molecule has 0 atom stereocenters. The second kappa shape index (κ2) is 5.12. The molecule has 0 saturated carbocycles. The van der Waals surface area contributed by atoms with Gasteiger partial charge in [0.1, 0.15) is 23.2 Å². The SMILES string of the molecule is COc1ccc(C)cc1-c1nc2ccc(Cl)cn2c1C#N. The highest BCUT2D eigenvalue weighted by Gasteiger charge is 2.17. The summed E-state index contributed by atoms with van der Waals surface area (Å²) in [5.41, 5.74) is 3.59. The fourth-order valence-electron chi connectivity index (χ4n) is 2.32. The normalized spacial score (nSPS) is 10.6. The number of aryl methyl sites for hydroxylation is 1. The van der Waals surface area contributed by atoms with E-state index in [4.69, 9.17) is 16.3 Å². The molecule has 0 spiro atoms. The van der Waals surface area contributed by atoms with Crippen molar-refractivity contribution >= 4 is 17.2 Å². The summed E-state index contributed by atoms with van der Waals surface area (Å²) in [6.45, 7) is 1.99. The molecule has 5 heteroatoms. The van der Waals surface area contributed by atoms with Crippen molar-refractivity contribution in [2.75, 3.05) is 7.11 Å². The Kier molecular flexibility index (Phi) is 3.28. The van der Waals surface area contributed by atoms with Crippen LogP contribution in [0, 0.1) is 18.3 Å². The van der Waals surface area contributed by atoms with Gasteiger partial charge in [0.15, 0.2) is 5.69 Å². The van der Waals surface area contributed by atoms with Crippen molar-refractivity contribution in [3.63, 3.8) is 0 Å². The second-order valence-electron chi connectivity index (χ2n) is 4.70. The van der Waals surface area contributed by atoms with Crippen LogP contribution in [0.4, 0.5) is 0 Å². The molecular weight excluding hydrogens is 286 g/mol. The zero-order valence-corrected chi connectivity index (χ0v) is 12.3. The maximum atomic E-state index is 9.50. The Morgan fingerprint density at radius 1 is 1.29 bits per heavy atom. The van der Waals surface area contributed by atoms with Gasteiger partial charge in [-0.05, 0) is 31.2 Å². The Hall–Kier alpha value is -2.51. The Morgan fingerprint density at radius 2 is 2.10 bits per heavy atom. The summed E-state index contributed by atoms with van der Waals surface area (Å²) in [5.74, 6) is 0.687. The summed E-state index contributed by atoms with van der Waals surface area (Å²) in [6.07, 6.45) is 1.69. The van der Waals surface area contributed by atoms with E-state index in [9.17, 15) is 5.26 Å². The lowest BCUT2D eigenvalue weighted by atomic mass is 10.1. The van der Waals surface area contributed by atoms with Gasteiger partial charge in [-0.15, -0.1) is 0 Å². The van der Waals surface area contributed by atoms with Gasteiger partial charge in [-0.3, -0.25) is 4.40 Å². The van der Waals surface area contributed by atoms with Gasteiger partial charge < -0.3 is 4.74 Å². The van der Waals surface area contributed by atoms with Crippen LogP contribution in [0.2, 0.25) is 5.02 Å². The quantitative estimate of drug-likeness (QED) is 0.722. The van der Waals surface area contributed by atoms with E-state index < -0.39 is 0 Å². The number of nitriles is 1. The molecule has 2 heterocycles. The van der Waals surface area contributed by atoms with Crippen LogP contribution in [0.3, 0.4) is 0 Å². The van der Waals surface area contributed by atoms with Crippen LogP contribution < -0.4 is 4.74 Å².